The first-order chi connectivity index (χ1) is 12.1. The Hall–Kier alpha value is -3.21. The molecule has 5 heteroatoms. The fourth-order valence-electron chi connectivity index (χ4n) is 2.47. The molecule has 25 heavy (non-hydrogen) atoms. The Morgan fingerprint density at radius 2 is 1.88 bits per heavy atom. The van der Waals surface area contributed by atoms with Gasteiger partial charge < -0.3 is 10.6 Å². The fourth-order valence-corrected chi connectivity index (χ4v) is 2.47. The highest BCUT2D eigenvalue weighted by Crippen LogP contribution is 2.17. The lowest BCUT2D eigenvalue weighted by atomic mass is 10.1. The predicted molar refractivity (Wildman–Crippen MR) is 98.8 cm³/mol. The number of carbonyl (C=O) groups excluding carboxylic acids is 1. The number of hydrogen-bond donors (Lipinski definition) is 2. The van der Waals surface area contributed by atoms with Crippen LogP contribution in [0.4, 0.5) is 11.6 Å². The molecule has 0 atom stereocenters. The topological polar surface area (TPSA) is 66.9 Å². The highest BCUT2D eigenvalue weighted by Gasteiger charge is 2.09. The molecule has 0 fully saturated rings. The van der Waals surface area contributed by atoms with Crippen molar-refractivity contribution in [3.05, 3.63) is 83.2 Å². The van der Waals surface area contributed by atoms with Crippen LogP contribution in [0.2, 0.25) is 0 Å². The maximum Gasteiger partial charge on any atom is 0.270 e. The van der Waals surface area contributed by atoms with Crippen molar-refractivity contribution in [3.8, 4) is 0 Å². The maximum absolute atomic E-state index is 12.3. The Morgan fingerprint density at radius 1 is 1.04 bits per heavy atom. The molecular formula is C20H20N4O. The molecule has 1 heterocycles. The molecule has 0 bridgehead atoms. The third kappa shape index (κ3) is 4.41. The summed E-state index contributed by atoms with van der Waals surface area (Å²) >= 11 is 0. The van der Waals surface area contributed by atoms with Crippen molar-refractivity contribution in [1.82, 2.24) is 15.3 Å². The van der Waals surface area contributed by atoms with Crippen molar-refractivity contribution in [2.75, 3.05) is 5.32 Å². The summed E-state index contributed by atoms with van der Waals surface area (Å²) in [5, 5.41) is 6.03. The minimum absolute atomic E-state index is 0.225. The molecule has 1 amide bonds. The van der Waals surface area contributed by atoms with Crippen molar-refractivity contribution in [2.24, 2.45) is 0 Å². The average Bonchev–Trinajstić information content (AvgIpc) is 2.62. The van der Waals surface area contributed by atoms with Gasteiger partial charge in [-0.1, -0.05) is 48.0 Å². The Bertz CT molecular complexity index is 892. The highest BCUT2D eigenvalue weighted by molar-refractivity contribution is 5.92. The monoisotopic (exact) mass is 332 g/mol. The number of para-hydroxylation sites is 1. The molecule has 0 spiro atoms. The molecule has 0 aliphatic heterocycles. The van der Waals surface area contributed by atoms with E-state index in [0.29, 0.717) is 18.2 Å². The van der Waals surface area contributed by atoms with E-state index in [2.05, 4.69) is 20.6 Å². The number of amides is 1. The number of rotatable bonds is 5. The first-order valence-electron chi connectivity index (χ1n) is 8.11. The molecule has 126 valence electrons. The van der Waals surface area contributed by atoms with Crippen molar-refractivity contribution < 1.29 is 4.79 Å². The third-order valence-corrected chi connectivity index (χ3v) is 3.82. The molecule has 3 rings (SSSR count). The summed E-state index contributed by atoms with van der Waals surface area (Å²) in [6.07, 6.45) is 1.58. The van der Waals surface area contributed by atoms with Crippen LogP contribution in [0.15, 0.2) is 60.8 Å². The Morgan fingerprint density at radius 3 is 2.68 bits per heavy atom. The van der Waals surface area contributed by atoms with E-state index < -0.39 is 0 Å². The van der Waals surface area contributed by atoms with Gasteiger partial charge in [-0.05, 0) is 37.1 Å². The van der Waals surface area contributed by atoms with Gasteiger partial charge in [-0.3, -0.25) is 4.79 Å². The van der Waals surface area contributed by atoms with Crippen molar-refractivity contribution in [1.29, 1.82) is 0 Å². The molecule has 2 aromatic carbocycles. The lowest BCUT2D eigenvalue weighted by Crippen LogP contribution is -2.24. The molecule has 0 saturated heterocycles. The summed E-state index contributed by atoms with van der Waals surface area (Å²) in [6.45, 7) is 4.49. The number of carbonyl (C=O) groups is 1. The van der Waals surface area contributed by atoms with Crippen LogP contribution >= 0.6 is 0 Å². The standard InChI is InChI=1S/C20H20N4O/c1-14-6-5-8-16(12-14)13-22-19(25)18-10-11-21-20(24-18)23-17-9-4-3-7-15(17)2/h3-12H,13H2,1-2H3,(H,22,25)(H,21,23,24). The van der Waals surface area contributed by atoms with Crippen molar-refractivity contribution in [2.45, 2.75) is 20.4 Å². The van der Waals surface area contributed by atoms with Gasteiger partial charge in [0.15, 0.2) is 0 Å². The summed E-state index contributed by atoms with van der Waals surface area (Å²) in [5.74, 6) is 0.175. The van der Waals surface area contributed by atoms with Gasteiger partial charge in [0, 0.05) is 18.4 Å². The van der Waals surface area contributed by atoms with Crippen LogP contribution in [0.25, 0.3) is 0 Å². The number of aryl methyl sites for hydroxylation is 2. The number of anilines is 2. The van der Waals surface area contributed by atoms with E-state index in [0.717, 1.165) is 16.8 Å². The summed E-state index contributed by atoms with van der Waals surface area (Å²) in [6, 6.07) is 17.5. The van der Waals surface area contributed by atoms with Crippen molar-refractivity contribution >= 4 is 17.5 Å². The molecule has 2 N–H and O–H groups in total. The first-order valence-corrected chi connectivity index (χ1v) is 8.11. The van der Waals surface area contributed by atoms with E-state index in [4.69, 9.17) is 0 Å². The molecule has 0 saturated carbocycles. The van der Waals surface area contributed by atoms with Gasteiger partial charge in [-0.15, -0.1) is 0 Å². The lowest BCUT2D eigenvalue weighted by Gasteiger charge is -2.09. The summed E-state index contributed by atoms with van der Waals surface area (Å²) in [4.78, 5) is 20.8. The van der Waals surface area contributed by atoms with Crippen LogP contribution in [0.1, 0.15) is 27.2 Å². The zero-order valence-corrected chi connectivity index (χ0v) is 14.3. The van der Waals surface area contributed by atoms with E-state index >= 15 is 0 Å². The molecule has 3 aromatic rings. The van der Waals surface area contributed by atoms with E-state index in [1.165, 1.54) is 5.56 Å². The van der Waals surface area contributed by atoms with Crippen LogP contribution in [0.3, 0.4) is 0 Å². The zero-order chi connectivity index (χ0) is 17.6. The highest BCUT2D eigenvalue weighted by atomic mass is 16.1. The quantitative estimate of drug-likeness (QED) is 0.746. The van der Waals surface area contributed by atoms with Gasteiger partial charge in [-0.25, -0.2) is 9.97 Å². The summed E-state index contributed by atoms with van der Waals surface area (Å²) < 4.78 is 0. The number of nitrogens with one attached hydrogen (secondary N) is 2. The Labute approximate surface area is 147 Å². The minimum atomic E-state index is -0.225. The molecule has 0 radical (unpaired) electrons. The summed E-state index contributed by atoms with van der Waals surface area (Å²) in [5.41, 5.74) is 4.55. The number of nitrogens with zero attached hydrogens (tertiary/aromatic N) is 2. The second kappa shape index (κ2) is 7.57. The number of benzene rings is 2. The molecule has 0 aliphatic carbocycles. The van der Waals surface area contributed by atoms with Crippen LogP contribution in [0.5, 0.6) is 0 Å². The van der Waals surface area contributed by atoms with Gasteiger partial charge >= 0.3 is 0 Å². The largest absolute Gasteiger partial charge is 0.347 e. The fraction of sp³-hybridized carbons (Fsp3) is 0.150. The van der Waals surface area contributed by atoms with Crippen LogP contribution in [0, 0.1) is 13.8 Å². The van der Waals surface area contributed by atoms with E-state index in [-0.39, 0.29) is 5.91 Å². The lowest BCUT2D eigenvalue weighted by molar-refractivity contribution is 0.0946. The molecule has 0 aliphatic rings. The second-order valence-corrected chi connectivity index (χ2v) is 5.88. The van der Waals surface area contributed by atoms with E-state index in [1.54, 1.807) is 12.3 Å². The SMILES string of the molecule is Cc1cccc(CNC(=O)c2ccnc(Nc3ccccc3C)n2)c1. The van der Waals surface area contributed by atoms with Gasteiger partial charge in [-0.2, -0.15) is 0 Å². The molecule has 5 nitrogen and oxygen atoms in total. The van der Waals surface area contributed by atoms with Crippen LogP contribution in [-0.4, -0.2) is 15.9 Å². The van der Waals surface area contributed by atoms with Gasteiger partial charge in [0.1, 0.15) is 5.69 Å². The molecule has 1 aromatic heterocycles. The third-order valence-electron chi connectivity index (χ3n) is 3.82. The first kappa shape index (κ1) is 16.6. The van der Waals surface area contributed by atoms with Crippen molar-refractivity contribution in [3.63, 3.8) is 0 Å². The Kier molecular flexibility index (Phi) is 5.04. The zero-order valence-electron chi connectivity index (χ0n) is 14.3. The van der Waals surface area contributed by atoms with E-state index in [1.807, 2.05) is 62.4 Å². The van der Waals surface area contributed by atoms with Gasteiger partial charge in [0.2, 0.25) is 5.95 Å². The molecule has 0 unspecified atom stereocenters. The summed E-state index contributed by atoms with van der Waals surface area (Å²) in [7, 11) is 0. The predicted octanol–water partition coefficient (Wildman–Crippen LogP) is 3.77. The molecular weight excluding hydrogens is 312 g/mol. The number of hydrogen-bond acceptors (Lipinski definition) is 4. The van der Waals surface area contributed by atoms with Crippen LogP contribution in [-0.2, 0) is 6.54 Å². The normalized spacial score (nSPS) is 10.3. The second-order valence-electron chi connectivity index (χ2n) is 5.88. The number of aromatic nitrogens is 2. The average molecular weight is 332 g/mol. The van der Waals surface area contributed by atoms with Gasteiger partial charge in [0.25, 0.3) is 5.91 Å². The minimum Gasteiger partial charge on any atom is -0.347 e. The Balaban J connectivity index is 1.68. The maximum atomic E-state index is 12.3. The smallest absolute Gasteiger partial charge is 0.270 e. The van der Waals surface area contributed by atoms with Crippen LogP contribution < -0.4 is 10.6 Å². The van der Waals surface area contributed by atoms with Gasteiger partial charge in [0.05, 0.1) is 0 Å². The van der Waals surface area contributed by atoms with E-state index in [9.17, 15) is 4.79 Å².